The average Bonchev–Trinajstić information content (AvgIpc) is 2.75. The molecule has 0 atom stereocenters. The van der Waals surface area contributed by atoms with Gasteiger partial charge in [-0.15, -0.1) is 0 Å². The maximum atomic E-state index is 12.9. The lowest BCUT2D eigenvalue weighted by molar-refractivity contribution is 0.415. The van der Waals surface area contributed by atoms with E-state index in [0.717, 1.165) is 11.4 Å². The summed E-state index contributed by atoms with van der Waals surface area (Å²) >= 11 is 11.5. The van der Waals surface area contributed by atoms with Crippen molar-refractivity contribution < 1.29 is 17.9 Å². The number of hydrogen-bond donors (Lipinski definition) is 3. The molecule has 3 aromatic rings. The smallest absolute Gasteiger partial charge is 0.263 e. The Morgan fingerprint density at radius 3 is 2.23 bits per heavy atom. The number of anilines is 3. The van der Waals surface area contributed by atoms with Gasteiger partial charge < -0.3 is 20.1 Å². The molecule has 0 saturated carbocycles. The second-order valence-electron chi connectivity index (χ2n) is 6.26. The van der Waals surface area contributed by atoms with Crippen molar-refractivity contribution in [3.05, 3.63) is 71.8 Å². The van der Waals surface area contributed by atoms with Gasteiger partial charge in [-0.3, -0.25) is 4.72 Å². The number of para-hydroxylation sites is 2. The molecule has 0 bridgehead atoms. The van der Waals surface area contributed by atoms with Gasteiger partial charge in [0.1, 0.15) is 16.4 Å². The standard InChI is InChI=1S/C21H20ClN3O4S2/c1-28-16-10-7-14(8-11-16)23-21(30)24-15-9-12-17(22)20(13-15)31(26,27)25-18-5-3-4-6-19(18)29-2/h3-13,25H,1-2H3,(H2,23,24,30). The van der Waals surface area contributed by atoms with E-state index in [4.69, 9.17) is 33.3 Å². The van der Waals surface area contributed by atoms with Crippen LogP contribution >= 0.6 is 23.8 Å². The number of hydrogen-bond acceptors (Lipinski definition) is 5. The SMILES string of the molecule is COc1ccc(NC(=S)Nc2ccc(Cl)c(S(=O)(=O)Nc3ccccc3OC)c2)cc1. The van der Waals surface area contributed by atoms with Crippen LogP contribution in [0, 0.1) is 0 Å². The van der Waals surface area contributed by atoms with Gasteiger partial charge in [0.05, 0.1) is 24.9 Å². The van der Waals surface area contributed by atoms with Crippen LogP contribution in [0.3, 0.4) is 0 Å². The van der Waals surface area contributed by atoms with Gasteiger partial charge in [0.25, 0.3) is 10.0 Å². The summed E-state index contributed by atoms with van der Waals surface area (Å²) in [6.07, 6.45) is 0. The molecular formula is C21H20ClN3O4S2. The summed E-state index contributed by atoms with van der Waals surface area (Å²) in [5, 5.41) is 6.34. The summed E-state index contributed by atoms with van der Waals surface area (Å²) < 4.78 is 38.7. The van der Waals surface area contributed by atoms with Gasteiger partial charge in [-0.1, -0.05) is 23.7 Å². The zero-order valence-corrected chi connectivity index (χ0v) is 19.1. The Balaban J connectivity index is 1.78. The molecule has 162 valence electrons. The predicted molar refractivity (Wildman–Crippen MR) is 128 cm³/mol. The number of rotatable bonds is 7. The second-order valence-corrected chi connectivity index (χ2v) is 8.72. The van der Waals surface area contributed by atoms with Gasteiger partial charge in [0.2, 0.25) is 0 Å². The van der Waals surface area contributed by atoms with Gasteiger partial charge in [-0.2, -0.15) is 0 Å². The molecule has 0 aliphatic heterocycles. The first kappa shape index (κ1) is 22.7. The van der Waals surface area contributed by atoms with Gasteiger partial charge >= 0.3 is 0 Å². The lowest BCUT2D eigenvalue weighted by Crippen LogP contribution is -2.20. The number of thiocarbonyl (C=S) groups is 1. The fraction of sp³-hybridized carbons (Fsp3) is 0.0952. The van der Waals surface area contributed by atoms with Crippen molar-refractivity contribution >= 4 is 56.0 Å². The van der Waals surface area contributed by atoms with Crippen molar-refractivity contribution in [2.24, 2.45) is 0 Å². The van der Waals surface area contributed by atoms with E-state index < -0.39 is 10.0 Å². The topological polar surface area (TPSA) is 88.7 Å². The summed E-state index contributed by atoms with van der Waals surface area (Å²) in [4.78, 5) is -0.0997. The Labute approximate surface area is 191 Å². The van der Waals surface area contributed by atoms with Gasteiger partial charge in [0.15, 0.2) is 5.11 Å². The third-order valence-corrected chi connectivity index (χ3v) is 6.23. The number of benzene rings is 3. The van der Waals surface area contributed by atoms with Crippen LogP contribution in [0.4, 0.5) is 17.1 Å². The molecule has 0 heterocycles. The fourth-order valence-corrected chi connectivity index (χ4v) is 4.52. The highest BCUT2D eigenvalue weighted by molar-refractivity contribution is 7.92. The quantitative estimate of drug-likeness (QED) is 0.414. The second kappa shape index (κ2) is 9.86. The molecule has 0 amide bonds. The van der Waals surface area contributed by atoms with Gasteiger partial charge in [0, 0.05) is 11.4 Å². The molecule has 7 nitrogen and oxygen atoms in total. The van der Waals surface area contributed by atoms with Crippen molar-refractivity contribution in [1.29, 1.82) is 0 Å². The van der Waals surface area contributed by atoms with E-state index in [2.05, 4.69) is 15.4 Å². The number of ether oxygens (including phenoxy) is 2. The monoisotopic (exact) mass is 477 g/mol. The molecule has 0 aliphatic carbocycles. The van der Waals surface area contributed by atoms with Crippen LogP contribution in [-0.2, 0) is 10.0 Å². The Morgan fingerprint density at radius 2 is 1.55 bits per heavy atom. The largest absolute Gasteiger partial charge is 0.497 e. The van der Waals surface area contributed by atoms with Crippen LogP contribution in [0.15, 0.2) is 71.6 Å². The maximum absolute atomic E-state index is 12.9. The van der Waals surface area contributed by atoms with E-state index in [1.807, 2.05) is 12.1 Å². The molecule has 0 radical (unpaired) electrons. The van der Waals surface area contributed by atoms with Crippen LogP contribution in [-0.4, -0.2) is 27.7 Å². The van der Waals surface area contributed by atoms with E-state index >= 15 is 0 Å². The minimum absolute atomic E-state index is 0.0713. The first-order valence-electron chi connectivity index (χ1n) is 9.00. The third-order valence-electron chi connectivity index (χ3n) is 4.18. The average molecular weight is 478 g/mol. The first-order valence-corrected chi connectivity index (χ1v) is 11.3. The highest BCUT2D eigenvalue weighted by Gasteiger charge is 2.20. The molecule has 3 aromatic carbocycles. The normalized spacial score (nSPS) is 10.8. The van der Waals surface area contributed by atoms with Crippen LogP contribution in [0.25, 0.3) is 0 Å². The zero-order chi connectivity index (χ0) is 22.4. The van der Waals surface area contributed by atoms with Crippen LogP contribution < -0.4 is 24.8 Å². The molecule has 3 N–H and O–H groups in total. The van der Waals surface area contributed by atoms with E-state index in [-0.39, 0.29) is 15.0 Å². The summed E-state index contributed by atoms with van der Waals surface area (Å²) in [6, 6.07) is 18.4. The van der Waals surface area contributed by atoms with Crippen molar-refractivity contribution in [3.8, 4) is 11.5 Å². The molecular weight excluding hydrogens is 458 g/mol. The summed E-state index contributed by atoms with van der Waals surface area (Å²) in [7, 11) is -0.934. The molecule has 0 aromatic heterocycles. The van der Waals surface area contributed by atoms with Crippen molar-refractivity contribution in [2.75, 3.05) is 29.6 Å². The van der Waals surface area contributed by atoms with Crippen LogP contribution in [0.2, 0.25) is 5.02 Å². The Hall–Kier alpha value is -3.01. The number of methoxy groups -OCH3 is 2. The van der Waals surface area contributed by atoms with Crippen molar-refractivity contribution in [2.45, 2.75) is 4.90 Å². The molecule has 0 saturated heterocycles. The summed E-state index contributed by atoms with van der Waals surface area (Å²) in [5.74, 6) is 1.11. The Morgan fingerprint density at radius 1 is 0.903 bits per heavy atom. The number of sulfonamides is 1. The van der Waals surface area contributed by atoms with E-state index in [1.54, 1.807) is 49.6 Å². The molecule has 10 heteroatoms. The summed E-state index contributed by atoms with van der Waals surface area (Å²) in [6.45, 7) is 0. The molecule has 0 aliphatic rings. The molecule has 0 fully saturated rings. The first-order chi connectivity index (χ1) is 14.8. The lowest BCUT2D eigenvalue weighted by atomic mass is 10.3. The van der Waals surface area contributed by atoms with Crippen molar-refractivity contribution in [1.82, 2.24) is 0 Å². The van der Waals surface area contributed by atoms with Gasteiger partial charge in [-0.25, -0.2) is 8.42 Å². The Bertz CT molecular complexity index is 1190. The minimum atomic E-state index is -3.98. The zero-order valence-electron chi connectivity index (χ0n) is 16.7. The molecule has 31 heavy (non-hydrogen) atoms. The number of halogens is 1. The highest BCUT2D eigenvalue weighted by atomic mass is 35.5. The van der Waals surface area contributed by atoms with Crippen molar-refractivity contribution in [3.63, 3.8) is 0 Å². The maximum Gasteiger partial charge on any atom is 0.263 e. The van der Waals surface area contributed by atoms with E-state index in [1.165, 1.54) is 19.2 Å². The lowest BCUT2D eigenvalue weighted by Gasteiger charge is -2.15. The minimum Gasteiger partial charge on any atom is -0.497 e. The van der Waals surface area contributed by atoms with Crippen LogP contribution in [0.1, 0.15) is 0 Å². The summed E-state index contributed by atoms with van der Waals surface area (Å²) in [5.41, 5.74) is 1.50. The molecule has 0 unspecified atom stereocenters. The highest BCUT2D eigenvalue weighted by Crippen LogP contribution is 2.30. The van der Waals surface area contributed by atoms with E-state index in [0.29, 0.717) is 17.1 Å². The van der Waals surface area contributed by atoms with E-state index in [9.17, 15) is 8.42 Å². The third kappa shape index (κ3) is 5.78. The predicted octanol–water partition coefficient (Wildman–Crippen LogP) is 4.97. The fourth-order valence-electron chi connectivity index (χ4n) is 2.68. The number of nitrogens with one attached hydrogen (secondary N) is 3. The molecule has 3 rings (SSSR count). The van der Waals surface area contributed by atoms with Crippen LogP contribution in [0.5, 0.6) is 11.5 Å². The molecule has 0 spiro atoms. The van der Waals surface area contributed by atoms with Gasteiger partial charge in [-0.05, 0) is 66.8 Å². The Kier molecular flexibility index (Phi) is 7.21.